The Morgan fingerprint density at radius 3 is 1.81 bits per heavy atom. The lowest BCUT2D eigenvalue weighted by atomic mass is 10.0. The number of aliphatic hydroxyl groups excluding tert-OH is 2. The van der Waals surface area contributed by atoms with E-state index in [-0.39, 0.29) is 6.10 Å². The molecule has 0 aromatic heterocycles. The summed E-state index contributed by atoms with van der Waals surface area (Å²) in [6.07, 6.45) is 10.1. The van der Waals surface area contributed by atoms with Gasteiger partial charge < -0.3 is 10.2 Å². The predicted octanol–water partition coefficient (Wildman–Crippen LogP) is 3.51. The summed E-state index contributed by atoms with van der Waals surface area (Å²) in [4.78, 5) is 0. The van der Waals surface area contributed by atoms with Gasteiger partial charge in [-0.2, -0.15) is 0 Å². The number of rotatable bonds is 11. The molecule has 0 radical (unpaired) electrons. The molecule has 2 N–H and O–H groups in total. The van der Waals surface area contributed by atoms with E-state index in [4.69, 9.17) is 5.11 Å². The van der Waals surface area contributed by atoms with Crippen LogP contribution in [0.5, 0.6) is 0 Å². The highest BCUT2D eigenvalue weighted by atomic mass is 16.3. The maximum atomic E-state index is 9.66. The van der Waals surface area contributed by atoms with Crippen molar-refractivity contribution >= 4 is 0 Å². The fourth-order valence-electron chi connectivity index (χ4n) is 2.04. The van der Waals surface area contributed by atoms with Gasteiger partial charge >= 0.3 is 0 Å². The van der Waals surface area contributed by atoms with Gasteiger partial charge in [0, 0.05) is 6.61 Å². The summed E-state index contributed by atoms with van der Waals surface area (Å²) in [5.41, 5.74) is 0. The molecule has 0 amide bonds. The average Bonchev–Trinajstić information content (AvgIpc) is 2.21. The van der Waals surface area contributed by atoms with Crippen molar-refractivity contribution in [1.82, 2.24) is 0 Å². The van der Waals surface area contributed by atoms with E-state index in [0.717, 1.165) is 32.1 Å². The first-order chi connectivity index (χ1) is 7.66. The van der Waals surface area contributed by atoms with Gasteiger partial charge in [0.15, 0.2) is 0 Å². The maximum absolute atomic E-state index is 9.66. The largest absolute Gasteiger partial charge is 0.396 e. The summed E-state index contributed by atoms with van der Waals surface area (Å²) >= 11 is 0. The average molecular weight is 230 g/mol. The van der Waals surface area contributed by atoms with E-state index in [1.165, 1.54) is 25.7 Å². The lowest BCUT2D eigenvalue weighted by Crippen LogP contribution is -2.09. The molecule has 2 heteroatoms. The maximum Gasteiger partial charge on any atom is 0.0542 e. The molecule has 0 bridgehead atoms. The number of hydrogen-bond acceptors (Lipinski definition) is 2. The number of hydrogen-bond donors (Lipinski definition) is 2. The molecule has 0 saturated heterocycles. The van der Waals surface area contributed by atoms with E-state index >= 15 is 0 Å². The molecule has 2 nitrogen and oxygen atoms in total. The molecule has 0 aliphatic heterocycles. The van der Waals surface area contributed by atoms with Crippen molar-refractivity contribution in [3.63, 3.8) is 0 Å². The minimum Gasteiger partial charge on any atom is -0.396 e. The SMILES string of the molecule is CC(C)CC(O)CCCCCCCCCO. The van der Waals surface area contributed by atoms with Gasteiger partial charge in [0.1, 0.15) is 0 Å². The van der Waals surface area contributed by atoms with Gasteiger partial charge in [-0.25, -0.2) is 0 Å². The summed E-state index contributed by atoms with van der Waals surface area (Å²) in [6, 6.07) is 0. The molecule has 98 valence electrons. The van der Waals surface area contributed by atoms with E-state index in [1.807, 2.05) is 0 Å². The van der Waals surface area contributed by atoms with E-state index in [1.54, 1.807) is 0 Å². The lowest BCUT2D eigenvalue weighted by molar-refractivity contribution is 0.136. The molecular weight excluding hydrogens is 200 g/mol. The Labute approximate surface area is 101 Å². The molecule has 0 heterocycles. The Kier molecular flexibility index (Phi) is 11.3. The molecule has 16 heavy (non-hydrogen) atoms. The minimum absolute atomic E-state index is 0.0885. The van der Waals surface area contributed by atoms with E-state index in [2.05, 4.69) is 13.8 Å². The highest BCUT2D eigenvalue weighted by Gasteiger charge is 2.05. The van der Waals surface area contributed by atoms with Crippen molar-refractivity contribution in [3.05, 3.63) is 0 Å². The summed E-state index contributed by atoms with van der Waals surface area (Å²) in [5.74, 6) is 0.605. The zero-order chi connectivity index (χ0) is 12.2. The van der Waals surface area contributed by atoms with Crippen LogP contribution in [-0.4, -0.2) is 22.9 Å². The van der Waals surface area contributed by atoms with Crippen LogP contribution in [0.4, 0.5) is 0 Å². The fourth-order valence-corrected chi connectivity index (χ4v) is 2.04. The van der Waals surface area contributed by atoms with Gasteiger partial charge in [0.2, 0.25) is 0 Å². The molecule has 0 aromatic carbocycles. The van der Waals surface area contributed by atoms with Crippen molar-refractivity contribution in [2.45, 2.75) is 77.7 Å². The molecule has 0 aliphatic carbocycles. The van der Waals surface area contributed by atoms with Crippen LogP contribution in [0.15, 0.2) is 0 Å². The van der Waals surface area contributed by atoms with Crippen molar-refractivity contribution in [3.8, 4) is 0 Å². The van der Waals surface area contributed by atoms with Crippen LogP contribution in [0.2, 0.25) is 0 Å². The van der Waals surface area contributed by atoms with Crippen LogP contribution in [0.3, 0.4) is 0 Å². The van der Waals surface area contributed by atoms with Gasteiger partial charge in [0.25, 0.3) is 0 Å². The molecule has 0 aromatic rings. The van der Waals surface area contributed by atoms with Crippen molar-refractivity contribution < 1.29 is 10.2 Å². The number of aliphatic hydroxyl groups is 2. The third-order valence-corrected chi connectivity index (χ3v) is 2.94. The highest BCUT2D eigenvalue weighted by Crippen LogP contribution is 2.13. The molecule has 1 unspecified atom stereocenters. The Bertz CT molecular complexity index is 135. The van der Waals surface area contributed by atoms with E-state index in [0.29, 0.717) is 12.5 Å². The molecular formula is C14H30O2. The second-order valence-electron chi connectivity index (χ2n) is 5.27. The zero-order valence-corrected chi connectivity index (χ0v) is 11.1. The Hall–Kier alpha value is -0.0800. The minimum atomic E-state index is -0.0885. The highest BCUT2D eigenvalue weighted by molar-refractivity contribution is 4.58. The number of unbranched alkanes of at least 4 members (excludes halogenated alkanes) is 6. The molecule has 1 atom stereocenters. The Balaban J connectivity index is 3.08. The predicted molar refractivity (Wildman–Crippen MR) is 69.5 cm³/mol. The topological polar surface area (TPSA) is 40.5 Å². The second kappa shape index (κ2) is 11.4. The van der Waals surface area contributed by atoms with Crippen LogP contribution in [-0.2, 0) is 0 Å². The van der Waals surface area contributed by atoms with Crippen molar-refractivity contribution in [1.29, 1.82) is 0 Å². The fraction of sp³-hybridized carbons (Fsp3) is 1.00. The third-order valence-electron chi connectivity index (χ3n) is 2.94. The van der Waals surface area contributed by atoms with Gasteiger partial charge in [-0.15, -0.1) is 0 Å². The quantitative estimate of drug-likeness (QED) is 0.533. The molecule has 0 spiro atoms. The van der Waals surface area contributed by atoms with Crippen molar-refractivity contribution in [2.75, 3.05) is 6.61 Å². The zero-order valence-electron chi connectivity index (χ0n) is 11.1. The van der Waals surface area contributed by atoms with Crippen LogP contribution in [0.1, 0.15) is 71.6 Å². The van der Waals surface area contributed by atoms with Crippen LogP contribution in [0, 0.1) is 5.92 Å². The van der Waals surface area contributed by atoms with Crippen LogP contribution >= 0.6 is 0 Å². The third kappa shape index (κ3) is 12.0. The van der Waals surface area contributed by atoms with E-state index in [9.17, 15) is 5.11 Å². The molecule has 0 rings (SSSR count). The first-order valence-corrected chi connectivity index (χ1v) is 6.95. The van der Waals surface area contributed by atoms with Gasteiger partial charge in [-0.3, -0.25) is 0 Å². The smallest absolute Gasteiger partial charge is 0.0542 e. The van der Waals surface area contributed by atoms with E-state index < -0.39 is 0 Å². The molecule has 0 fully saturated rings. The summed E-state index contributed by atoms with van der Waals surface area (Å²) in [6.45, 7) is 4.65. The normalized spacial score (nSPS) is 13.3. The van der Waals surface area contributed by atoms with Crippen molar-refractivity contribution in [2.24, 2.45) is 5.92 Å². The van der Waals surface area contributed by atoms with Crippen LogP contribution < -0.4 is 0 Å². The first-order valence-electron chi connectivity index (χ1n) is 6.95. The Morgan fingerprint density at radius 1 is 0.812 bits per heavy atom. The first kappa shape index (κ1) is 15.9. The van der Waals surface area contributed by atoms with Crippen LogP contribution in [0.25, 0.3) is 0 Å². The van der Waals surface area contributed by atoms with Gasteiger partial charge in [-0.05, 0) is 25.2 Å². The van der Waals surface area contributed by atoms with Gasteiger partial charge in [0.05, 0.1) is 6.10 Å². The Morgan fingerprint density at radius 2 is 1.31 bits per heavy atom. The monoisotopic (exact) mass is 230 g/mol. The standard InChI is InChI=1S/C14H30O2/c1-13(2)12-14(16)10-8-6-4-3-5-7-9-11-15/h13-16H,3-12H2,1-2H3. The summed E-state index contributed by atoms with van der Waals surface area (Å²) in [7, 11) is 0. The molecule has 0 saturated carbocycles. The van der Waals surface area contributed by atoms with Gasteiger partial charge in [-0.1, -0.05) is 52.4 Å². The lowest BCUT2D eigenvalue weighted by Gasteiger charge is -2.12. The summed E-state index contributed by atoms with van der Waals surface area (Å²) < 4.78 is 0. The summed E-state index contributed by atoms with van der Waals surface area (Å²) in [5, 5.41) is 18.3. The second-order valence-corrected chi connectivity index (χ2v) is 5.27. The molecule has 0 aliphatic rings.